The van der Waals surface area contributed by atoms with Gasteiger partial charge in [0.05, 0.1) is 5.69 Å². The van der Waals surface area contributed by atoms with Crippen molar-refractivity contribution in [2.45, 2.75) is 52.5 Å². The van der Waals surface area contributed by atoms with Crippen LogP contribution in [-0.2, 0) is 5.41 Å². The largest absolute Gasteiger partial charge is 0.349 e. The molecular weight excluding hydrogens is 176 g/mol. The van der Waals surface area contributed by atoms with Crippen molar-refractivity contribution in [1.82, 2.24) is 5.16 Å². The van der Waals surface area contributed by atoms with E-state index in [0.29, 0.717) is 0 Å². The Morgan fingerprint density at radius 3 is 2.07 bits per heavy atom. The van der Waals surface area contributed by atoms with Gasteiger partial charge in [-0.3, -0.25) is 0 Å². The number of hydrogen-bond donors (Lipinski definition) is 1. The van der Waals surface area contributed by atoms with Crippen LogP contribution in [0.5, 0.6) is 0 Å². The van der Waals surface area contributed by atoms with Gasteiger partial charge in [0.25, 0.3) is 0 Å². The molecule has 14 heavy (non-hydrogen) atoms. The molecule has 0 fully saturated rings. The summed E-state index contributed by atoms with van der Waals surface area (Å²) in [5.74, 6) is 0.738. The van der Waals surface area contributed by atoms with Gasteiger partial charge in [0.2, 0.25) is 5.88 Å². The maximum absolute atomic E-state index is 5.21. The number of aromatic nitrogens is 1. The maximum Gasteiger partial charge on any atom is 0.225 e. The van der Waals surface area contributed by atoms with E-state index in [9.17, 15) is 0 Å². The van der Waals surface area contributed by atoms with Gasteiger partial charge in [-0.1, -0.05) is 25.9 Å². The molecule has 3 nitrogen and oxygen atoms in total. The lowest BCUT2D eigenvalue weighted by Crippen LogP contribution is -2.25. The van der Waals surface area contributed by atoms with Gasteiger partial charge in [-0.2, -0.15) is 0 Å². The lowest BCUT2D eigenvalue weighted by molar-refractivity contribution is 0.395. The summed E-state index contributed by atoms with van der Waals surface area (Å²) < 4.78 is 5.21. The Balaban J connectivity index is 2.79. The summed E-state index contributed by atoms with van der Waals surface area (Å²) in [6, 6.07) is 1.96. The molecule has 0 aromatic carbocycles. The molecule has 0 saturated heterocycles. The van der Waals surface area contributed by atoms with E-state index in [1.807, 2.05) is 6.07 Å². The van der Waals surface area contributed by atoms with Gasteiger partial charge in [0.15, 0.2) is 0 Å². The maximum atomic E-state index is 5.21. The van der Waals surface area contributed by atoms with Crippen LogP contribution >= 0.6 is 0 Å². The Morgan fingerprint density at radius 1 is 1.14 bits per heavy atom. The highest BCUT2D eigenvalue weighted by atomic mass is 16.5. The molecule has 3 heteroatoms. The zero-order valence-corrected chi connectivity index (χ0v) is 9.93. The van der Waals surface area contributed by atoms with E-state index in [-0.39, 0.29) is 11.0 Å². The van der Waals surface area contributed by atoms with Crippen LogP contribution in [0.1, 0.15) is 47.2 Å². The van der Waals surface area contributed by atoms with Crippen molar-refractivity contribution in [3.05, 3.63) is 11.8 Å². The van der Waals surface area contributed by atoms with Crippen LogP contribution < -0.4 is 5.32 Å². The fourth-order valence-electron chi connectivity index (χ4n) is 1.06. The highest BCUT2D eigenvalue weighted by Crippen LogP contribution is 2.24. The summed E-state index contributed by atoms with van der Waals surface area (Å²) in [6.45, 7) is 12.6. The Kier molecular flexibility index (Phi) is 2.61. The van der Waals surface area contributed by atoms with Gasteiger partial charge >= 0.3 is 0 Å². The highest BCUT2D eigenvalue weighted by Gasteiger charge is 2.20. The van der Waals surface area contributed by atoms with E-state index in [1.54, 1.807) is 0 Å². The minimum absolute atomic E-state index is 0.00862. The monoisotopic (exact) mass is 196 g/mol. The summed E-state index contributed by atoms with van der Waals surface area (Å²) in [4.78, 5) is 0. The molecule has 0 bridgehead atoms. The summed E-state index contributed by atoms with van der Waals surface area (Å²) in [6.07, 6.45) is 0. The molecule has 1 heterocycles. The molecule has 1 N–H and O–H groups in total. The second kappa shape index (κ2) is 3.30. The molecule has 0 aliphatic heterocycles. The second-order valence-corrected chi connectivity index (χ2v) is 5.70. The topological polar surface area (TPSA) is 38.1 Å². The first-order chi connectivity index (χ1) is 6.18. The van der Waals surface area contributed by atoms with Crippen molar-refractivity contribution in [2.75, 3.05) is 5.32 Å². The molecular formula is C11H20N2O. The predicted molar refractivity (Wildman–Crippen MR) is 58.6 cm³/mol. The molecule has 80 valence electrons. The van der Waals surface area contributed by atoms with E-state index in [1.165, 1.54) is 0 Å². The van der Waals surface area contributed by atoms with Crippen molar-refractivity contribution in [2.24, 2.45) is 0 Å². The van der Waals surface area contributed by atoms with Gasteiger partial charge in [0, 0.05) is 17.0 Å². The quantitative estimate of drug-likeness (QED) is 0.749. The predicted octanol–water partition coefficient (Wildman–Crippen LogP) is 3.18. The van der Waals surface area contributed by atoms with E-state index in [0.717, 1.165) is 11.6 Å². The third kappa shape index (κ3) is 3.05. The third-order valence-corrected chi connectivity index (χ3v) is 1.78. The molecule has 1 aromatic rings. The van der Waals surface area contributed by atoms with Crippen molar-refractivity contribution in [3.8, 4) is 0 Å². The SMILES string of the molecule is CC(C)(C)Nc1cc(C(C)(C)C)no1. The number of rotatable bonds is 1. The first-order valence-electron chi connectivity index (χ1n) is 4.94. The standard InChI is InChI=1S/C11H20N2O/c1-10(2,3)8-7-9(14-13-8)12-11(4,5)6/h7,12H,1-6H3. The number of nitrogens with zero attached hydrogens (tertiary/aromatic N) is 1. The molecule has 1 aromatic heterocycles. The minimum Gasteiger partial charge on any atom is -0.349 e. The fraction of sp³-hybridized carbons (Fsp3) is 0.727. The number of hydrogen-bond acceptors (Lipinski definition) is 3. The molecule has 0 radical (unpaired) electrons. The smallest absolute Gasteiger partial charge is 0.225 e. The molecule has 1 rings (SSSR count). The Labute approximate surface area is 85.9 Å². The Bertz CT molecular complexity index is 302. The van der Waals surface area contributed by atoms with Crippen molar-refractivity contribution < 1.29 is 4.52 Å². The van der Waals surface area contributed by atoms with E-state index < -0.39 is 0 Å². The Hall–Kier alpha value is -0.990. The van der Waals surface area contributed by atoms with Gasteiger partial charge < -0.3 is 9.84 Å². The van der Waals surface area contributed by atoms with E-state index in [4.69, 9.17) is 4.52 Å². The zero-order chi connectivity index (χ0) is 11.0. The normalized spacial score (nSPS) is 13.0. The van der Waals surface area contributed by atoms with Crippen LogP contribution in [0.15, 0.2) is 10.6 Å². The van der Waals surface area contributed by atoms with E-state index in [2.05, 4.69) is 52.0 Å². The fourth-order valence-corrected chi connectivity index (χ4v) is 1.06. The highest BCUT2D eigenvalue weighted by molar-refractivity contribution is 5.36. The van der Waals surface area contributed by atoms with Gasteiger partial charge in [-0.05, 0) is 20.8 Å². The first-order valence-corrected chi connectivity index (χ1v) is 4.94. The second-order valence-electron chi connectivity index (χ2n) is 5.70. The number of anilines is 1. The van der Waals surface area contributed by atoms with Crippen molar-refractivity contribution in [3.63, 3.8) is 0 Å². The third-order valence-electron chi connectivity index (χ3n) is 1.78. The zero-order valence-electron chi connectivity index (χ0n) is 9.93. The average Bonchev–Trinajstić information content (AvgIpc) is 2.29. The van der Waals surface area contributed by atoms with E-state index >= 15 is 0 Å². The van der Waals surface area contributed by atoms with Gasteiger partial charge in [-0.15, -0.1) is 0 Å². The summed E-state index contributed by atoms with van der Waals surface area (Å²) in [5.41, 5.74) is 1.03. The summed E-state index contributed by atoms with van der Waals surface area (Å²) in [7, 11) is 0. The van der Waals surface area contributed by atoms with Crippen LogP contribution in [0, 0.1) is 0 Å². The van der Waals surface area contributed by atoms with Crippen LogP contribution in [0.3, 0.4) is 0 Å². The van der Waals surface area contributed by atoms with Crippen LogP contribution in [0.25, 0.3) is 0 Å². The van der Waals surface area contributed by atoms with Crippen molar-refractivity contribution >= 4 is 5.88 Å². The summed E-state index contributed by atoms with van der Waals surface area (Å²) >= 11 is 0. The van der Waals surface area contributed by atoms with Crippen LogP contribution in [-0.4, -0.2) is 10.7 Å². The molecule has 0 aliphatic rings. The molecule has 0 amide bonds. The lowest BCUT2D eigenvalue weighted by Gasteiger charge is -2.19. The van der Waals surface area contributed by atoms with Crippen LogP contribution in [0.4, 0.5) is 5.88 Å². The van der Waals surface area contributed by atoms with Gasteiger partial charge in [0.1, 0.15) is 0 Å². The minimum atomic E-state index is 0.00862. The molecule has 0 atom stereocenters. The average molecular weight is 196 g/mol. The first kappa shape index (κ1) is 11.1. The summed E-state index contributed by atoms with van der Waals surface area (Å²) in [5, 5.41) is 7.28. The van der Waals surface area contributed by atoms with Gasteiger partial charge in [-0.25, -0.2) is 0 Å². The number of nitrogens with one attached hydrogen (secondary N) is 1. The molecule has 0 unspecified atom stereocenters. The molecule has 0 saturated carbocycles. The van der Waals surface area contributed by atoms with Crippen molar-refractivity contribution in [1.29, 1.82) is 0 Å². The lowest BCUT2D eigenvalue weighted by atomic mass is 9.92. The molecule has 0 spiro atoms. The molecule has 0 aliphatic carbocycles. The Morgan fingerprint density at radius 2 is 1.71 bits per heavy atom. The van der Waals surface area contributed by atoms with Crippen LogP contribution in [0.2, 0.25) is 0 Å².